The molecule has 1 aliphatic heterocycles. The molecule has 0 N–H and O–H groups in total. The highest BCUT2D eigenvalue weighted by molar-refractivity contribution is 6.21. The number of hydrogen-bond acceptors (Lipinski definition) is 6. The van der Waals surface area contributed by atoms with Crippen LogP contribution in [0.4, 0.5) is 13.2 Å². The monoisotopic (exact) mass is 366 g/mol. The van der Waals surface area contributed by atoms with E-state index in [1.54, 1.807) is 0 Å². The van der Waals surface area contributed by atoms with Crippen LogP contribution in [0.2, 0.25) is 0 Å². The summed E-state index contributed by atoms with van der Waals surface area (Å²) < 4.78 is 43.5. The van der Waals surface area contributed by atoms with Gasteiger partial charge in [-0.1, -0.05) is 17.2 Å². The quantitative estimate of drug-likeness (QED) is 0.776. The first-order chi connectivity index (χ1) is 12.2. The molecule has 0 atom stereocenters. The molecule has 0 saturated heterocycles. The van der Waals surface area contributed by atoms with Crippen molar-refractivity contribution < 1.29 is 37.1 Å². The Morgan fingerprint density at radius 3 is 2.19 bits per heavy atom. The van der Waals surface area contributed by atoms with Crippen LogP contribution in [-0.2, 0) is 11.0 Å². The minimum atomic E-state index is -4.83. The molecular formula is C16H9F3N2O5. The molecule has 0 unspecified atom stereocenters. The number of carbonyl (C=O) groups is 3. The third-order valence-corrected chi connectivity index (χ3v) is 3.52. The number of hydrogen-bond donors (Lipinski definition) is 0. The SMILES string of the molecule is COc1ncc(C(=O)ON2C(=O)c3ccccc3C2=O)cc1C(F)(F)F. The second-order valence-corrected chi connectivity index (χ2v) is 5.11. The Morgan fingerprint density at radius 1 is 1.12 bits per heavy atom. The number of aromatic nitrogens is 1. The molecule has 2 aromatic rings. The first kappa shape index (κ1) is 17.4. The molecule has 0 radical (unpaired) electrons. The number of hydroxylamine groups is 2. The number of rotatable bonds is 3. The van der Waals surface area contributed by atoms with Crippen molar-refractivity contribution in [2.45, 2.75) is 6.18 Å². The van der Waals surface area contributed by atoms with Gasteiger partial charge in [0.15, 0.2) is 0 Å². The van der Waals surface area contributed by atoms with Gasteiger partial charge < -0.3 is 9.57 Å². The number of methoxy groups -OCH3 is 1. The number of fused-ring (bicyclic) bond motifs is 1. The van der Waals surface area contributed by atoms with E-state index < -0.39 is 41.0 Å². The fourth-order valence-corrected chi connectivity index (χ4v) is 2.32. The number of benzene rings is 1. The number of carbonyl (C=O) groups excluding carboxylic acids is 3. The number of amides is 2. The van der Waals surface area contributed by atoms with E-state index in [2.05, 4.69) is 9.72 Å². The summed E-state index contributed by atoms with van der Waals surface area (Å²) in [5.74, 6) is -3.86. The van der Waals surface area contributed by atoms with Crippen LogP contribution in [0, 0.1) is 0 Å². The maximum absolute atomic E-state index is 13.0. The lowest BCUT2D eigenvalue weighted by Gasteiger charge is -2.14. The zero-order valence-corrected chi connectivity index (χ0v) is 13.0. The highest BCUT2D eigenvalue weighted by Crippen LogP contribution is 2.35. The Labute approximate surface area is 143 Å². The van der Waals surface area contributed by atoms with Gasteiger partial charge in [0.05, 0.1) is 23.8 Å². The molecule has 7 nitrogen and oxygen atoms in total. The maximum Gasteiger partial charge on any atom is 0.421 e. The van der Waals surface area contributed by atoms with Gasteiger partial charge in [-0.15, -0.1) is 0 Å². The summed E-state index contributed by atoms with van der Waals surface area (Å²) in [7, 11) is 0.994. The Morgan fingerprint density at radius 2 is 1.69 bits per heavy atom. The van der Waals surface area contributed by atoms with Crippen molar-refractivity contribution in [1.29, 1.82) is 0 Å². The molecule has 0 spiro atoms. The van der Waals surface area contributed by atoms with E-state index in [9.17, 15) is 27.6 Å². The first-order valence-corrected chi connectivity index (χ1v) is 7.05. The Hall–Kier alpha value is -3.43. The fourth-order valence-electron chi connectivity index (χ4n) is 2.32. The van der Waals surface area contributed by atoms with Crippen LogP contribution in [0.25, 0.3) is 0 Å². The van der Waals surface area contributed by atoms with Gasteiger partial charge in [-0.25, -0.2) is 9.78 Å². The number of ether oxygens (including phenoxy) is 1. The minimum absolute atomic E-state index is 0.0223. The van der Waals surface area contributed by atoms with Gasteiger partial charge in [0.25, 0.3) is 11.8 Å². The van der Waals surface area contributed by atoms with Crippen molar-refractivity contribution in [2.75, 3.05) is 7.11 Å². The summed E-state index contributed by atoms with van der Waals surface area (Å²) in [5, 5.41) is 0.199. The lowest BCUT2D eigenvalue weighted by Crippen LogP contribution is -2.32. The van der Waals surface area contributed by atoms with Gasteiger partial charge >= 0.3 is 12.1 Å². The van der Waals surface area contributed by atoms with Crippen molar-refractivity contribution in [3.63, 3.8) is 0 Å². The normalized spacial score (nSPS) is 13.6. The largest absolute Gasteiger partial charge is 0.481 e. The van der Waals surface area contributed by atoms with Gasteiger partial charge in [-0.3, -0.25) is 9.59 Å². The third kappa shape index (κ3) is 2.85. The average molecular weight is 366 g/mol. The summed E-state index contributed by atoms with van der Waals surface area (Å²) in [6, 6.07) is 6.21. The van der Waals surface area contributed by atoms with Gasteiger partial charge in [0.2, 0.25) is 5.88 Å². The van der Waals surface area contributed by atoms with Crippen molar-refractivity contribution >= 4 is 17.8 Å². The van der Waals surface area contributed by atoms with E-state index in [1.807, 2.05) is 0 Å². The van der Waals surface area contributed by atoms with Crippen molar-refractivity contribution in [3.05, 3.63) is 58.8 Å². The van der Waals surface area contributed by atoms with E-state index in [-0.39, 0.29) is 16.2 Å². The van der Waals surface area contributed by atoms with Gasteiger partial charge in [-0.05, 0) is 18.2 Å². The standard InChI is InChI=1S/C16H9F3N2O5/c1-25-12-11(16(17,18)19)6-8(7-20-12)15(24)26-21-13(22)9-4-2-3-5-10(9)14(21)23/h2-7H,1H3. The molecule has 1 aromatic heterocycles. The van der Waals surface area contributed by atoms with Crippen LogP contribution >= 0.6 is 0 Å². The zero-order valence-electron chi connectivity index (χ0n) is 13.0. The highest BCUT2D eigenvalue weighted by atomic mass is 19.4. The predicted octanol–water partition coefficient (Wildman–Crippen LogP) is 2.48. The van der Waals surface area contributed by atoms with Gasteiger partial charge in [-0.2, -0.15) is 13.2 Å². The molecule has 0 bridgehead atoms. The van der Waals surface area contributed by atoms with Crippen LogP contribution in [0.15, 0.2) is 36.5 Å². The molecular weight excluding hydrogens is 357 g/mol. The number of nitrogens with zero attached hydrogens (tertiary/aromatic N) is 2. The van der Waals surface area contributed by atoms with Crippen molar-refractivity contribution in [3.8, 4) is 5.88 Å². The average Bonchev–Trinajstić information content (AvgIpc) is 2.85. The second kappa shape index (κ2) is 6.14. The summed E-state index contributed by atoms with van der Waals surface area (Å²) in [6.45, 7) is 0. The first-order valence-electron chi connectivity index (χ1n) is 7.05. The molecule has 2 amide bonds. The lowest BCUT2D eigenvalue weighted by atomic mass is 10.1. The van der Waals surface area contributed by atoms with Crippen molar-refractivity contribution in [2.24, 2.45) is 0 Å². The van der Waals surface area contributed by atoms with Crippen LogP contribution < -0.4 is 4.74 Å². The Bertz CT molecular complexity index is 891. The summed E-state index contributed by atoms with van der Waals surface area (Å²) in [6.07, 6.45) is -4.04. The maximum atomic E-state index is 13.0. The zero-order chi connectivity index (χ0) is 19.1. The minimum Gasteiger partial charge on any atom is -0.481 e. The smallest absolute Gasteiger partial charge is 0.421 e. The summed E-state index contributed by atoms with van der Waals surface area (Å²) in [5.41, 5.74) is -1.85. The third-order valence-electron chi connectivity index (χ3n) is 3.52. The molecule has 1 aromatic carbocycles. The molecule has 0 aliphatic carbocycles. The molecule has 0 fully saturated rings. The van der Waals surface area contributed by atoms with E-state index in [4.69, 9.17) is 4.84 Å². The van der Waals surface area contributed by atoms with Crippen molar-refractivity contribution in [1.82, 2.24) is 10.0 Å². The number of imide groups is 1. The van der Waals surface area contributed by atoms with Gasteiger partial charge in [0.1, 0.15) is 5.56 Å². The van der Waals surface area contributed by atoms with Gasteiger partial charge in [0, 0.05) is 6.20 Å². The lowest BCUT2D eigenvalue weighted by molar-refractivity contribution is -0.139. The van der Waals surface area contributed by atoms with E-state index in [0.717, 1.165) is 13.3 Å². The Balaban J connectivity index is 1.88. The van der Waals surface area contributed by atoms with Crippen LogP contribution in [0.3, 0.4) is 0 Å². The second-order valence-electron chi connectivity index (χ2n) is 5.11. The molecule has 3 rings (SSSR count). The number of halogens is 3. The Kier molecular flexibility index (Phi) is 4.10. The molecule has 2 heterocycles. The molecule has 0 saturated carbocycles. The fraction of sp³-hybridized carbons (Fsp3) is 0.125. The van der Waals surface area contributed by atoms with E-state index in [1.165, 1.54) is 24.3 Å². The van der Waals surface area contributed by atoms with E-state index >= 15 is 0 Å². The number of pyridine rings is 1. The van der Waals surface area contributed by atoms with Crippen LogP contribution in [-0.4, -0.2) is 34.9 Å². The molecule has 10 heteroatoms. The molecule has 26 heavy (non-hydrogen) atoms. The predicted molar refractivity (Wildman–Crippen MR) is 78.1 cm³/mol. The number of alkyl halides is 3. The molecule has 134 valence electrons. The van der Waals surface area contributed by atoms with Crippen LogP contribution in [0.1, 0.15) is 36.6 Å². The van der Waals surface area contributed by atoms with Crippen LogP contribution in [0.5, 0.6) is 5.88 Å². The summed E-state index contributed by atoms with van der Waals surface area (Å²) >= 11 is 0. The highest BCUT2D eigenvalue weighted by Gasteiger charge is 2.40. The van der Waals surface area contributed by atoms with E-state index in [0.29, 0.717) is 6.07 Å². The topological polar surface area (TPSA) is 85.8 Å². The molecule has 1 aliphatic rings. The summed E-state index contributed by atoms with van der Waals surface area (Å²) in [4.78, 5) is 44.4.